The molecule has 26 heavy (non-hydrogen) atoms. The highest BCUT2D eigenvalue weighted by Crippen LogP contribution is 2.16. The van der Waals surface area contributed by atoms with Gasteiger partial charge in [0.05, 0.1) is 5.69 Å². The largest absolute Gasteiger partial charge is 0.487 e. The van der Waals surface area contributed by atoms with Gasteiger partial charge in [0.15, 0.2) is 0 Å². The highest BCUT2D eigenvalue weighted by Gasteiger charge is 2.11. The fraction of sp³-hybridized carbons (Fsp3) is 0.300. The maximum atomic E-state index is 12.3. The number of likely N-dealkylation sites (N-methyl/N-ethyl adjacent to an activating group) is 2. The summed E-state index contributed by atoms with van der Waals surface area (Å²) in [5, 5.41) is 3.04. The lowest BCUT2D eigenvalue weighted by Gasteiger charge is -2.17. The number of aryl methyl sites for hydroxylation is 1. The zero-order valence-electron chi connectivity index (χ0n) is 15.4. The predicted molar refractivity (Wildman–Crippen MR) is 102 cm³/mol. The molecule has 0 bridgehead atoms. The summed E-state index contributed by atoms with van der Waals surface area (Å²) >= 11 is 0. The first kappa shape index (κ1) is 17.9. The normalized spacial score (nSPS) is 10.9. The molecule has 0 aliphatic heterocycles. The van der Waals surface area contributed by atoms with Gasteiger partial charge in [-0.15, -0.1) is 0 Å². The predicted octanol–water partition coefficient (Wildman–Crippen LogP) is 2.51. The molecule has 0 saturated heterocycles. The van der Waals surface area contributed by atoms with Crippen molar-refractivity contribution < 1.29 is 9.53 Å². The Morgan fingerprint density at radius 2 is 1.96 bits per heavy atom. The second kappa shape index (κ2) is 8.01. The molecule has 0 fully saturated rings. The summed E-state index contributed by atoms with van der Waals surface area (Å²) in [7, 11) is 3.67. The molecule has 0 atom stereocenters. The number of nitrogens with zero attached hydrogens (tertiary/aromatic N) is 3. The van der Waals surface area contributed by atoms with Gasteiger partial charge < -0.3 is 19.4 Å². The van der Waals surface area contributed by atoms with Crippen LogP contribution >= 0.6 is 0 Å². The average molecular weight is 352 g/mol. The van der Waals surface area contributed by atoms with Crippen molar-refractivity contribution in [2.24, 2.45) is 0 Å². The van der Waals surface area contributed by atoms with E-state index in [1.165, 1.54) is 5.56 Å². The van der Waals surface area contributed by atoms with E-state index in [0.29, 0.717) is 24.5 Å². The minimum atomic E-state index is 0.00233. The molecule has 2 heterocycles. The minimum absolute atomic E-state index is 0.00233. The summed E-state index contributed by atoms with van der Waals surface area (Å²) in [6.45, 7) is 3.87. The van der Waals surface area contributed by atoms with E-state index in [4.69, 9.17) is 4.74 Å². The van der Waals surface area contributed by atoms with Crippen molar-refractivity contribution in [2.75, 3.05) is 27.2 Å². The second-order valence-corrected chi connectivity index (χ2v) is 6.35. The first-order chi connectivity index (χ1) is 12.6. The number of ether oxygens (including phenoxy) is 1. The van der Waals surface area contributed by atoms with Gasteiger partial charge >= 0.3 is 0 Å². The number of imidazole rings is 1. The molecule has 136 valence electrons. The third-order valence-electron chi connectivity index (χ3n) is 4.18. The highest BCUT2D eigenvalue weighted by molar-refractivity contribution is 5.94. The fourth-order valence-corrected chi connectivity index (χ4v) is 2.68. The van der Waals surface area contributed by atoms with Crippen LogP contribution in [-0.2, 0) is 6.61 Å². The third kappa shape index (κ3) is 4.21. The molecule has 6 nitrogen and oxygen atoms in total. The van der Waals surface area contributed by atoms with Crippen LogP contribution in [0.2, 0.25) is 0 Å². The van der Waals surface area contributed by atoms with Crippen molar-refractivity contribution in [3.63, 3.8) is 0 Å². The van der Waals surface area contributed by atoms with E-state index in [0.717, 1.165) is 17.9 Å². The Bertz CT molecular complexity index is 886. The van der Waals surface area contributed by atoms with Crippen molar-refractivity contribution in [2.45, 2.75) is 13.5 Å². The lowest BCUT2D eigenvalue weighted by molar-refractivity contribution is 0.0797. The second-order valence-electron chi connectivity index (χ2n) is 6.35. The summed E-state index contributed by atoms with van der Waals surface area (Å²) in [6.07, 6.45) is 4.01. The first-order valence-electron chi connectivity index (χ1n) is 8.64. The Morgan fingerprint density at radius 3 is 2.69 bits per heavy atom. The molecule has 1 amide bonds. The molecule has 0 saturated carbocycles. The van der Waals surface area contributed by atoms with Gasteiger partial charge in [0.25, 0.3) is 5.91 Å². The molecule has 3 aromatic rings. The van der Waals surface area contributed by atoms with Crippen molar-refractivity contribution >= 4 is 11.6 Å². The number of hydrogen-bond acceptors (Lipinski definition) is 4. The van der Waals surface area contributed by atoms with E-state index < -0.39 is 0 Å². The van der Waals surface area contributed by atoms with Gasteiger partial charge in [0.1, 0.15) is 18.0 Å². The van der Waals surface area contributed by atoms with Crippen LogP contribution in [0.1, 0.15) is 21.6 Å². The van der Waals surface area contributed by atoms with Gasteiger partial charge in [-0.2, -0.15) is 0 Å². The van der Waals surface area contributed by atoms with Gasteiger partial charge in [-0.3, -0.25) is 4.79 Å². The van der Waals surface area contributed by atoms with Crippen LogP contribution in [0.15, 0.2) is 48.8 Å². The Morgan fingerprint density at radius 1 is 1.19 bits per heavy atom. The zero-order chi connectivity index (χ0) is 18.5. The van der Waals surface area contributed by atoms with Crippen LogP contribution in [-0.4, -0.2) is 47.4 Å². The smallest absolute Gasteiger partial charge is 0.253 e. The van der Waals surface area contributed by atoms with E-state index in [1.807, 2.05) is 48.1 Å². The van der Waals surface area contributed by atoms with Crippen LogP contribution in [0, 0.1) is 6.92 Å². The number of amides is 1. The SMILES string of the molecule is CNCCN(C)C(=O)c1ccc(OCc2cn3cc(C)ccc3n2)cc1. The van der Waals surface area contributed by atoms with Gasteiger partial charge in [-0.25, -0.2) is 4.98 Å². The minimum Gasteiger partial charge on any atom is -0.487 e. The van der Waals surface area contributed by atoms with Crippen LogP contribution in [0.5, 0.6) is 5.75 Å². The molecule has 2 aromatic heterocycles. The monoisotopic (exact) mass is 352 g/mol. The summed E-state index contributed by atoms with van der Waals surface area (Å²) in [5.74, 6) is 0.718. The van der Waals surface area contributed by atoms with E-state index in [9.17, 15) is 4.79 Å². The van der Waals surface area contributed by atoms with Crippen molar-refractivity contribution in [1.82, 2.24) is 19.6 Å². The van der Waals surface area contributed by atoms with Crippen molar-refractivity contribution in [3.8, 4) is 5.75 Å². The maximum Gasteiger partial charge on any atom is 0.253 e. The molecule has 0 aliphatic carbocycles. The summed E-state index contributed by atoms with van der Waals surface area (Å²) < 4.78 is 7.80. The Kier molecular flexibility index (Phi) is 5.53. The van der Waals surface area contributed by atoms with E-state index in [1.54, 1.807) is 24.1 Å². The topological polar surface area (TPSA) is 58.9 Å². The Hall–Kier alpha value is -2.86. The molecular weight excluding hydrogens is 328 g/mol. The van der Waals surface area contributed by atoms with Crippen LogP contribution < -0.4 is 10.1 Å². The third-order valence-corrected chi connectivity index (χ3v) is 4.18. The summed E-state index contributed by atoms with van der Waals surface area (Å²) in [5.41, 5.74) is 3.60. The zero-order valence-corrected chi connectivity index (χ0v) is 15.4. The number of fused-ring (bicyclic) bond motifs is 1. The number of carbonyl (C=O) groups excluding carboxylic acids is 1. The number of hydrogen-bond donors (Lipinski definition) is 1. The van der Waals surface area contributed by atoms with E-state index in [2.05, 4.69) is 17.2 Å². The number of pyridine rings is 1. The van der Waals surface area contributed by atoms with Gasteiger partial charge in [-0.05, 0) is 49.9 Å². The van der Waals surface area contributed by atoms with E-state index in [-0.39, 0.29) is 5.91 Å². The molecule has 1 N–H and O–H groups in total. The van der Waals surface area contributed by atoms with Gasteiger partial charge in [0.2, 0.25) is 0 Å². The van der Waals surface area contributed by atoms with Crippen molar-refractivity contribution in [3.05, 3.63) is 65.6 Å². The lowest BCUT2D eigenvalue weighted by Crippen LogP contribution is -2.32. The maximum absolute atomic E-state index is 12.3. The summed E-state index contributed by atoms with van der Waals surface area (Å²) in [4.78, 5) is 18.5. The van der Waals surface area contributed by atoms with E-state index >= 15 is 0 Å². The summed E-state index contributed by atoms with van der Waals surface area (Å²) in [6, 6.07) is 11.2. The molecular formula is C20H24N4O2. The Balaban J connectivity index is 1.60. The number of carbonyl (C=O) groups is 1. The van der Waals surface area contributed by atoms with Crippen LogP contribution in [0.3, 0.4) is 0 Å². The molecule has 6 heteroatoms. The molecule has 0 spiro atoms. The molecule has 0 unspecified atom stereocenters. The van der Waals surface area contributed by atoms with Crippen LogP contribution in [0.25, 0.3) is 5.65 Å². The van der Waals surface area contributed by atoms with Gasteiger partial charge in [-0.1, -0.05) is 6.07 Å². The number of benzene rings is 1. The molecule has 0 aliphatic rings. The van der Waals surface area contributed by atoms with Crippen LogP contribution in [0.4, 0.5) is 0 Å². The molecule has 0 radical (unpaired) electrons. The average Bonchev–Trinajstić information content (AvgIpc) is 3.06. The lowest BCUT2D eigenvalue weighted by atomic mass is 10.2. The fourth-order valence-electron chi connectivity index (χ4n) is 2.68. The number of nitrogens with one attached hydrogen (secondary N) is 1. The molecule has 1 aromatic carbocycles. The standard InChI is InChI=1S/C20H24N4O2/c1-15-4-9-19-22-17(13-24(19)12-15)14-26-18-7-5-16(6-8-18)20(25)23(3)11-10-21-2/h4-9,12-13,21H,10-11,14H2,1-3H3. The quantitative estimate of drug-likeness (QED) is 0.710. The highest BCUT2D eigenvalue weighted by atomic mass is 16.5. The first-order valence-corrected chi connectivity index (χ1v) is 8.64. The molecule has 3 rings (SSSR count). The Labute approximate surface area is 153 Å². The number of aromatic nitrogens is 2. The van der Waals surface area contributed by atoms with Crippen molar-refractivity contribution in [1.29, 1.82) is 0 Å². The number of rotatable bonds is 7. The van der Waals surface area contributed by atoms with Gasteiger partial charge in [0, 0.05) is 38.1 Å².